The second-order valence-electron chi connectivity index (χ2n) is 4.91. The summed E-state index contributed by atoms with van der Waals surface area (Å²) in [5.74, 6) is 0.884. The van der Waals surface area contributed by atoms with Crippen LogP contribution in [0.4, 0.5) is 5.82 Å². The zero-order valence-corrected chi connectivity index (χ0v) is 13.3. The van der Waals surface area contributed by atoms with E-state index in [4.69, 9.17) is 8.94 Å². The number of hydrogen-bond donors (Lipinski definition) is 1. The molecule has 1 N–H and O–H groups in total. The molecule has 0 aliphatic rings. The first kappa shape index (κ1) is 14.4. The molecule has 0 saturated heterocycles. The molecule has 24 heavy (non-hydrogen) atoms. The highest BCUT2D eigenvalue weighted by molar-refractivity contribution is 7.12. The SMILES string of the molecule is Cc1cc(NC(=O)c2ccno2)n(-c2nc(-c3ccco3)cs2)n1. The van der Waals surface area contributed by atoms with E-state index in [9.17, 15) is 4.79 Å². The van der Waals surface area contributed by atoms with Crippen LogP contribution in [-0.2, 0) is 0 Å². The van der Waals surface area contributed by atoms with Gasteiger partial charge in [-0.25, -0.2) is 4.98 Å². The molecule has 8 nitrogen and oxygen atoms in total. The van der Waals surface area contributed by atoms with Crippen molar-refractivity contribution < 1.29 is 13.7 Å². The molecule has 0 unspecified atom stereocenters. The predicted molar refractivity (Wildman–Crippen MR) is 86.1 cm³/mol. The van der Waals surface area contributed by atoms with E-state index >= 15 is 0 Å². The van der Waals surface area contributed by atoms with Crippen LogP contribution in [0.1, 0.15) is 16.2 Å². The van der Waals surface area contributed by atoms with Crippen molar-refractivity contribution in [2.24, 2.45) is 0 Å². The highest BCUT2D eigenvalue weighted by Gasteiger charge is 2.17. The molecule has 0 aromatic carbocycles. The summed E-state index contributed by atoms with van der Waals surface area (Å²) in [4.78, 5) is 16.6. The number of rotatable bonds is 4. The van der Waals surface area contributed by atoms with Crippen molar-refractivity contribution in [1.82, 2.24) is 19.9 Å². The summed E-state index contributed by atoms with van der Waals surface area (Å²) in [6, 6.07) is 6.87. The van der Waals surface area contributed by atoms with E-state index in [1.807, 2.05) is 18.4 Å². The maximum absolute atomic E-state index is 12.1. The number of furan rings is 1. The van der Waals surface area contributed by atoms with Crippen LogP contribution in [0.15, 0.2) is 51.0 Å². The molecule has 120 valence electrons. The molecule has 0 bridgehead atoms. The Bertz CT molecular complexity index is 969. The Morgan fingerprint density at radius 1 is 1.38 bits per heavy atom. The van der Waals surface area contributed by atoms with Crippen molar-refractivity contribution in [1.29, 1.82) is 0 Å². The second-order valence-corrected chi connectivity index (χ2v) is 5.74. The lowest BCUT2D eigenvalue weighted by Crippen LogP contribution is -2.14. The van der Waals surface area contributed by atoms with Gasteiger partial charge in [0.05, 0.1) is 18.2 Å². The Labute approximate surface area is 139 Å². The number of amides is 1. The van der Waals surface area contributed by atoms with Gasteiger partial charge in [0.15, 0.2) is 5.76 Å². The molecular formula is C15H11N5O3S. The molecule has 4 aromatic heterocycles. The van der Waals surface area contributed by atoms with Crippen molar-refractivity contribution in [2.75, 3.05) is 5.32 Å². The summed E-state index contributed by atoms with van der Waals surface area (Å²) in [7, 11) is 0. The quantitative estimate of drug-likeness (QED) is 0.612. The first-order valence-corrected chi connectivity index (χ1v) is 7.87. The summed E-state index contributed by atoms with van der Waals surface area (Å²) in [5, 5.41) is 13.1. The highest BCUT2D eigenvalue weighted by atomic mass is 32.1. The van der Waals surface area contributed by atoms with Gasteiger partial charge in [0, 0.05) is 17.5 Å². The van der Waals surface area contributed by atoms with Crippen LogP contribution in [0.5, 0.6) is 0 Å². The minimum absolute atomic E-state index is 0.121. The highest BCUT2D eigenvalue weighted by Crippen LogP contribution is 2.26. The Morgan fingerprint density at radius 3 is 3.04 bits per heavy atom. The third kappa shape index (κ3) is 2.61. The van der Waals surface area contributed by atoms with Gasteiger partial charge in [-0.1, -0.05) is 5.16 Å². The van der Waals surface area contributed by atoms with Crippen molar-refractivity contribution in [2.45, 2.75) is 6.92 Å². The lowest BCUT2D eigenvalue weighted by Gasteiger charge is -2.04. The number of anilines is 1. The molecule has 0 fully saturated rings. The van der Waals surface area contributed by atoms with Gasteiger partial charge >= 0.3 is 0 Å². The Hall–Kier alpha value is -3.20. The number of aryl methyl sites for hydroxylation is 1. The van der Waals surface area contributed by atoms with E-state index < -0.39 is 5.91 Å². The lowest BCUT2D eigenvalue weighted by atomic mass is 10.4. The molecule has 4 rings (SSSR count). The third-order valence-corrected chi connectivity index (χ3v) is 4.00. The normalized spacial score (nSPS) is 10.9. The Kier molecular flexibility index (Phi) is 3.47. The minimum atomic E-state index is -0.406. The van der Waals surface area contributed by atoms with Crippen LogP contribution in [-0.4, -0.2) is 25.8 Å². The van der Waals surface area contributed by atoms with Gasteiger partial charge in [-0.05, 0) is 19.1 Å². The fourth-order valence-corrected chi connectivity index (χ4v) is 2.92. The Morgan fingerprint density at radius 2 is 2.29 bits per heavy atom. The van der Waals surface area contributed by atoms with Gasteiger partial charge in [-0.3, -0.25) is 4.79 Å². The van der Waals surface area contributed by atoms with E-state index in [0.29, 0.717) is 22.4 Å². The van der Waals surface area contributed by atoms with Crippen molar-refractivity contribution in [3.8, 4) is 16.6 Å². The molecule has 0 radical (unpaired) electrons. The maximum atomic E-state index is 12.1. The van der Waals surface area contributed by atoms with Crippen LogP contribution in [0.3, 0.4) is 0 Å². The second kappa shape index (κ2) is 5.78. The largest absolute Gasteiger partial charge is 0.463 e. The maximum Gasteiger partial charge on any atom is 0.295 e. The fourth-order valence-electron chi connectivity index (χ4n) is 2.14. The topological polar surface area (TPSA) is 99.0 Å². The molecule has 0 atom stereocenters. The summed E-state index contributed by atoms with van der Waals surface area (Å²) < 4.78 is 11.8. The molecule has 4 aromatic rings. The average Bonchev–Trinajstić information content (AvgIpc) is 3.35. The first-order valence-electron chi connectivity index (χ1n) is 6.99. The minimum Gasteiger partial charge on any atom is -0.463 e. The van der Waals surface area contributed by atoms with E-state index in [2.05, 4.69) is 20.6 Å². The molecular weight excluding hydrogens is 330 g/mol. The van der Waals surface area contributed by atoms with Gasteiger partial charge in [0.2, 0.25) is 10.9 Å². The van der Waals surface area contributed by atoms with Gasteiger partial charge < -0.3 is 14.3 Å². The molecule has 0 aliphatic carbocycles. The van der Waals surface area contributed by atoms with Gasteiger partial charge in [-0.2, -0.15) is 9.78 Å². The van der Waals surface area contributed by atoms with Crippen LogP contribution < -0.4 is 5.32 Å². The molecule has 1 amide bonds. The zero-order valence-electron chi connectivity index (χ0n) is 12.5. The first-order chi connectivity index (χ1) is 11.7. The predicted octanol–water partition coefficient (Wildman–Crippen LogP) is 3.14. The average molecular weight is 341 g/mol. The standard InChI is InChI=1S/C15H11N5O3S/c1-9-7-13(18-14(21)12-4-5-16-23-12)20(19-9)15-17-10(8-24-15)11-3-2-6-22-11/h2-8H,1H3,(H,18,21). The number of carbonyl (C=O) groups is 1. The van der Waals surface area contributed by atoms with Gasteiger partial charge in [0.25, 0.3) is 5.91 Å². The van der Waals surface area contributed by atoms with Crippen LogP contribution in [0, 0.1) is 6.92 Å². The number of aromatic nitrogens is 4. The summed E-state index contributed by atoms with van der Waals surface area (Å²) in [5.41, 5.74) is 1.46. The molecule has 9 heteroatoms. The van der Waals surface area contributed by atoms with Gasteiger partial charge in [-0.15, -0.1) is 11.3 Å². The molecule has 0 saturated carbocycles. The van der Waals surface area contributed by atoms with Crippen LogP contribution >= 0.6 is 11.3 Å². The van der Waals surface area contributed by atoms with E-state index in [0.717, 1.165) is 5.69 Å². The fraction of sp³-hybridized carbons (Fsp3) is 0.0667. The van der Waals surface area contributed by atoms with Crippen LogP contribution in [0.25, 0.3) is 16.6 Å². The molecule has 0 spiro atoms. The molecule has 0 aliphatic heterocycles. The van der Waals surface area contributed by atoms with E-state index in [1.54, 1.807) is 23.1 Å². The van der Waals surface area contributed by atoms with Crippen molar-refractivity contribution >= 4 is 23.1 Å². The number of hydrogen-bond acceptors (Lipinski definition) is 7. The summed E-state index contributed by atoms with van der Waals surface area (Å²) >= 11 is 1.40. The van der Waals surface area contributed by atoms with E-state index in [-0.39, 0.29) is 5.76 Å². The number of thiazole rings is 1. The number of nitrogens with one attached hydrogen (secondary N) is 1. The summed E-state index contributed by atoms with van der Waals surface area (Å²) in [6.45, 7) is 1.83. The number of nitrogens with zero attached hydrogens (tertiary/aromatic N) is 4. The molecule has 4 heterocycles. The monoisotopic (exact) mass is 341 g/mol. The number of carbonyl (C=O) groups excluding carboxylic acids is 1. The van der Waals surface area contributed by atoms with Gasteiger partial charge in [0.1, 0.15) is 11.5 Å². The van der Waals surface area contributed by atoms with E-state index in [1.165, 1.54) is 23.6 Å². The third-order valence-electron chi connectivity index (χ3n) is 3.18. The summed E-state index contributed by atoms with van der Waals surface area (Å²) in [6.07, 6.45) is 3.00. The van der Waals surface area contributed by atoms with Crippen LogP contribution in [0.2, 0.25) is 0 Å². The Balaban J connectivity index is 1.65. The van der Waals surface area contributed by atoms with Crippen molar-refractivity contribution in [3.63, 3.8) is 0 Å². The smallest absolute Gasteiger partial charge is 0.295 e. The zero-order chi connectivity index (χ0) is 16.5. The van der Waals surface area contributed by atoms with Crippen molar-refractivity contribution in [3.05, 3.63) is 53.6 Å². The lowest BCUT2D eigenvalue weighted by molar-refractivity contribution is 0.0987.